The average molecular weight is 321 g/mol. The number of rotatable bonds is 3. The fourth-order valence-electron chi connectivity index (χ4n) is 2.23. The van der Waals surface area contributed by atoms with E-state index in [1.807, 2.05) is 0 Å². The smallest absolute Gasteiger partial charge is 0.433 e. The van der Waals surface area contributed by atoms with E-state index in [0.29, 0.717) is 4.68 Å². The van der Waals surface area contributed by atoms with Gasteiger partial charge in [0.1, 0.15) is 0 Å². The third kappa shape index (κ3) is 3.06. The number of halogens is 3. The van der Waals surface area contributed by atoms with E-state index in [9.17, 15) is 22.8 Å². The van der Waals surface area contributed by atoms with Gasteiger partial charge in [0.25, 0.3) is 5.91 Å². The molecule has 1 fully saturated rings. The number of carboxylic acids is 1. The van der Waals surface area contributed by atoms with E-state index >= 15 is 0 Å². The average Bonchev–Trinajstić information content (AvgIpc) is 2.90. The minimum absolute atomic E-state index is 0.0250. The second-order valence-electron chi connectivity index (χ2n) is 4.67. The molecule has 0 radical (unpaired) electrons. The Labute approximate surface area is 123 Å². The first-order valence-corrected chi connectivity index (χ1v) is 6.52. The zero-order chi connectivity index (χ0) is 16.5. The third-order valence-corrected chi connectivity index (χ3v) is 3.27. The molecule has 122 valence electrons. The lowest BCUT2D eigenvalue weighted by Crippen LogP contribution is -2.48. The molecule has 1 N–H and O–H groups in total. The number of aryl methyl sites for hydroxylation is 1. The third-order valence-electron chi connectivity index (χ3n) is 3.27. The molecule has 1 saturated heterocycles. The van der Waals surface area contributed by atoms with Crippen LogP contribution < -0.4 is 0 Å². The summed E-state index contributed by atoms with van der Waals surface area (Å²) in [5, 5.41) is 12.4. The first-order chi connectivity index (χ1) is 10.3. The van der Waals surface area contributed by atoms with E-state index in [4.69, 9.17) is 9.84 Å². The lowest BCUT2D eigenvalue weighted by atomic mass is 10.1. The molecule has 2 heterocycles. The molecule has 0 aromatic carbocycles. The van der Waals surface area contributed by atoms with Gasteiger partial charge in [-0.1, -0.05) is 0 Å². The van der Waals surface area contributed by atoms with Gasteiger partial charge < -0.3 is 14.7 Å². The van der Waals surface area contributed by atoms with Crippen LogP contribution in [0.4, 0.5) is 13.2 Å². The van der Waals surface area contributed by atoms with Crippen molar-refractivity contribution in [2.24, 2.45) is 0 Å². The van der Waals surface area contributed by atoms with Crippen molar-refractivity contribution in [1.82, 2.24) is 14.7 Å². The molecule has 1 atom stereocenters. The summed E-state index contributed by atoms with van der Waals surface area (Å²) >= 11 is 0. The largest absolute Gasteiger partial charge is 0.479 e. The summed E-state index contributed by atoms with van der Waals surface area (Å²) in [6.07, 6.45) is -5.11. The minimum Gasteiger partial charge on any atom is -0.479 e. The van der Waals surface area contributed by atoms with Gasteiger partial charge in [-0.2, -0.15) is 18.3 Å². The van der Waals surface area contributed by atoms with Crippen LogP contribution in [0, 0.1) is 0 Å². The monoisotopic (exact) mass is 321 g/mol. The molecule has 1 amide bonds. The number of hydrogen-bond acceptors (Lipinski definition) is 4. The van der Waals surface area contributed by atoms with Crippen LogP contribution >= 0.6 is 0 Å². The van der Waals surface area contributed by atoms with Crippen LogP contribution in [0.2, 0.25) is 0 Å². The SMILES string of the molecule is CCn1ncc(C(=O)N2CCO[C@H](C(=O)O)C2)c1C(F)(F)F. The highest BCUT2D eigenvalue weighted by Gasteiger charge is 2.41. The Morgan fingerprint density at radius 2 is 2.18 bits per heavy atom. The number of aliphatic carboxylic acids is 1. The van der Waals surface area contributed by atoms with Gasteiger partial charge in [-0.25, -0.2) is 4.79 Å². The van der Waals surface area contributed by atoms with Crippen molar-refractivity contribution in [2.45, 2.75) is 25.7 Å². The van der Waals surface area contributed by atoms with Crippen molar-refractivity contribution < 1.29 is 32.6 Å². The highest BCUT2D eigenvalue weighted by molar-refractivity contribution is 5.95. The van der Waals surface area contributed by atoms with E-state index in [1.54, 1.807) is 0 Å². The normalized spacial score (nSPS) is 19.3. The summed E-state index contributed by atoms with van der Waals surface area (Å²) in [6, 6.07) is 0. The predicted octanol–water partition coefficient (Wildman–Crippen LogP) is 0.847. The number of carbonyl (C=O) groups excluding carboxylic acids is 1. The van der Waals surface area contributed by atoms with Crippen LogP contribution in [-0.2, 0) is 22.3 Å². The Balaban J connectivity index is 2.30. The van der Waals surface area contributed by atoms with Crippen LogP contribution in [0.15, 0.2) is 6.20 Å². The van der Waals surface area contributed by atoms with Gasteiger partial charge in [0.05, 0.1) is 24.9 Å². The molecule has 2 rings (SSSR count). The number of carbonyl (C=O) groups is 2. The first kappa shape index (κ1) is 16.3. The maximum absolute atomic E-state index is 13.1. The van der Waals surface area contributed by atoms with E-state index in [-0.39, 0.29) is 26.2 Å². The minimum atomic E-state index is -4.73. The number of amides is 1. The highest BCUT2D eigenvalue weighted by Crippen LogP contribution is 2.32. The fourth-order valence-corrected chi connectivity index (χ4v) is 2.23. The molecule has 10 heteroatoms. The second kappa shape index (κ2) is 5.95. The Hall–Kier alpha value is -2.10. The second-order valence-corrected chi connectivity index (χ2v) is 4.67. The summed E-state index contributed by atoms with van der Waals surface area (Å²) in [7, 11) is 0. The predicted molar refractivity (Wildman–Crippen MR) is 66.2 cm³/mol. The highest BCUT2D eigenvalue weighted by atomic mass is 19.4. The maximum atomic E-state index is 13.1. The van der Waals surface area contributed by atoms with Gasteiger partial charge in [0.15, 0.2) is 11.8 Å². The van der Waals surface area contributed by atoms with Crippen molar-refractivity contribution in [3.05, 3.63) is 17.5 Å². The number of nitrogens with zero attached hydrogens (tertiary/aromatic N) is 3. The summed E-state index contributed by atoms with van der Waals surface area (Å²) in [4.78, 5) is 24.2. The summed E-state index contributed by atoms with van der Waals surface area (Å²) in [6.45, 7) is 1.11. The van der Waals surface area contributed by atoms with Gasteiger partial charge in [-0.05, 0) is 6.92 Å². The molecule has 0 bridgehead atoms. The lowest BCUT2D eigenvalue weighted by Gasteiger charge is -2.30. The number of alkyl halides is 3. The van der Waals surface area contributed by atoms with E-state index in [0.717, 1.165) is 11.1 Å². The molecule has 7 nitrogen and oxygen atoms in total. The Bertz CT molecular complexity index is 585. The van der Waals surface area contributed by atoms with Gasteiger partial charge in [0.2, 0.25) is 0 Å². The number of aromatic nitrogens is 2. The molecule has 22 heavy (non-hydrogen) atoms. The quantitative estimate of drug-likeness (QED) is 0.892. The maximum Gasteiger partial charge on any atom is 0.433 e. The lowest BCUT2D eigenvalue weighted by molar-refractivity contribution is -0.155. The zero-order valence-corrected chi connectivity index (χ0v) is 11.6. The van der Waals surface area contributed by atoms with Crippen molar-refractivity contribution in [3.8, 4) is 0 Å². The van der Waals surface area contributed by atoms with Gasteiger partial charge in [-0.15, -0.1) is 0 Å². The molecule has 1 aliphatic heterocycles. The Kier molecular flexibility index (Phi) is 4.40. The van der Waals surface area contributed by atoms with Crippen molar-refractivity contribution >= 4 is 11.9 Å². The van der Waals surface area contributed by atoms with Crippen LogP contribution in [0.1, 0.15) is 23.0 Å². The van der Waals surface area contributed by atoms with Crippen LogP contribution in [0.5, 0.6) is 0 Å². The van der Waals surface area contributed by atoms with Crippen LogP contribution in [0.3, 0.4) is 0 Å². The molecular weight excluding hydrogens is 307 g/mol. The Morgan fingerprint density at radius 3 is 2.73 bits per heavy atom. The summed E-state index contributed by atoms with van der Waals surface area (Å²) in [5.41, 5.74) is -1.71. The zero-order valence-electron chi connectivity index (χ0n) is 11.6. The van der Waals surface area contributed by atoms with Crippen molar-refractivity contribution in [2.75, 3.05) is 19.7 Å². The molecule has 0 spiro atoms. The molecule has 0 unspecified atom stereocenters. The molecule has 0 saturated carbocycles. The molecule has 1 aromatic rings. The summed E-state index contributed by atoms with van der Waals surface area (Å²) in [5.74, 6) is -2.17. The van der Waals surface area contributed by atoms with E-state index in [2.05, 4.69) is 5.10 Å². The van der Waals surface area contributed by atoms with Gasteiger partial charge >= 0.3 is 12.1 Å². The summed E-state index contributed by atoms with van der Waals surface area (Å²) < 4.78 is 45.0. The topological polar surface area (TPSA) is 84.7 Å². The molecular formula is C12H14F3N3O4. The number of carboxylic acid groups (broad SMARTS) is 1. The van der Waals surface area contributed by atoms with Crippen LogP contribution in [0.25, 0.3) is 0 Å². The Morgan fingerprint density at radius 1 is 1.50 bits per heavy atom. The van der Waals surface area contributed by atoms with Crippen molar-refractivity contribution in [1.29, 1.82) is 0 Å². The van der Waals surface area contributed by atoms with Crippen LogP contribution in [-0.4, -0.2) is 57.5 Å². The number of ether oxygens (including phenoxy) is 1. The molecule has 1 aromatic heterocycles. The van der Waals surface area contributed by atoms with E-state index in [1.165, 1.54) is 6.92 Å². The molecule has 1 aliphatic rings. The standard InChI is InChI=1S/C12H14F3N3O4/c1-2-18-9(12(13,14)15)7(5-16-18)10(19)17-3-4-22-8(6-17)11(20)21/h5,8H,2-4,6H2,1H3,(H,20,21)/t8-/m0/s1. The van der Waals surface area contributed by atoms with Gasteiger partial charge in [-0.3, -0.25) is 9.48 Å². The van der Waals surface area contributed by atoms with E-state index < -0.39 is 35.4 Å². The molecule has 0 aliphatic carbocycles. The number of morpholine rings is 1. The van der Waals surface area contributed by atoms with Gasteiger partial charge in [0, 0.05) is 13.1 Å². The number of hydrogen-bond donors (Lipinski definition) is 1. The first-order valence-electron chi connectivity index (χ1n) is 6.52. The fraction of sp³-hybridized carbons (Fsp3) is 0.583. The van der Waals surface area contributed by atoms with Crippen molar-refractivity contribution in [3.63, 3.8) is 0 Å².